The summed E-state index contributed by atoms with van der Waals surface area (Å²) in [6.45, 7) is 10.2. The van der Waals surface area contributed by atoms with Gasteiger partial charge in [0.1, 0.15) is 5.65 Å². The Morgan fingerprint density at radius 2 is 1.86 bits per heavy atom. The Balaban J connectivity index is 2.43. The molecule has 0 aliphatic heterocycles. The Kier molecular flexibility index (Phi) is 3.45. The van der Waals surface area contributed by atoms with E-state index in [1.807, 2.05) is 49.7 Å². The summed E-state index contributed by atoms with van der Waals surface area (Å²) in [5.41, 5.74) is 4.81. The molecule has 4 heteroatoms. The predicted octanol–water partition coefficient (Wildman–Crippen LogP) is 3.30. The van der Waals surface area contributed by atoms with E-state index in [4.69, 9.17) is 0 Å². The van der Waals surface area contributed by atoms with Crippen LogP contribution in [0.4, 0.5) is 0 Å². The lowest BCUT2D eigenvalue weighted by Crippen LogP contribution is -2.21. The maximum absolute atomic E-state index is 12.4. The number of nitrogens with zero attached hydrogens (tertiary/aromatic N) is 3. The molecule has 22 heavy (non-hydrogen) atoms. The van der Waals surface area contributed by atoms with Crippen molar-refractivity contribution in [1.82, 2.24) is 14.3 Å². The van der Waals surface area contributed by atoms with Gasteiger partial charge in [-0.05, 0) is 38.5 Å². The summed E-state index contributed by atoms with van der Waals surface area (Å²) in [4.78, 5) is 12.4. The lowest BCUT2D eigenvalue weighted by molar-refractivity contribution is 0.765. The van der Waals surface area contributed by atoms with Gasteiger partial charge in [0.25, 0.3) is 5.56 Å². The zero-order valence-electron chi connectivity index (χ0n) is 13.1. The van der Waals surface area contributed by atoms with Gasteiger partial charge in [0.05, 0.1) is 11.4 Å². The van der Waals surface area contributed by atoms with Gasteiger partial charge in [-0.1, -0.05) is 23.8 Å². The predicted molar refractivity (Wildman–Crippen MR) is 89.7 cm³/mol. The molecule has 0 fully saturated rings. The van der Waals surface area contributed by atoms with Gasteiger partial charge in [-0.2, -0.15) is 5.10 Å². The van der Waals surface area contributed by atoms with Gasteiger partial charge < -0.3 is 0 Å². The molecule has 4 nitrogen and oxygen atoms in total. The molecule has 0 aliphatic rings. The molecular weight excluding hydrogens is 274 g/mol. The molecule has 2 heterocycles. The largest absolute Gasteiger partial charge is 0.289 e. The summed E-state index contributed by atoms with van der Waals surface area (Å²) in [7, 11) is 0. The number of aromatic nitrogens is 3. The van der Waals surface area contributed by atoms with E-state index in [1.54, 1.807) is 16.7 Å². The van der Waals surface area contributed by atoms with Gasteiger partial charge in [0.2, 0.25) is 0 Å². The van der Waals surface area contributed by atoms with Gasteiger partial charge >= 0.3 is 0 Å². The van der Waals surface area contributed by atoms with Crippen LogP contribution in [0, 0.1) is 20.8 Å². The van der Waals surface area contributed by atoms with Crippen molar-refractivity contribution in [2.45, 2.75) is 27.3 Å². The first-order valence-corrected chi connectivity index (χ1v) is 7.30. The Labute approximate surface area is 129 Å². The van der Waals surface area contributed by atoms with Crippen molar-refractivity contribution in [2.24, 2.45) is 0 Å². The molecule has 2 aromatic heterocycles. The number of benzene rings is 1. The average molecular weight is 293 g/mol. The van der Waals surface area contributed by atoms with Crippen LogP contribution in [-0.2, 0) is 6.54 Å². The quantitative estimate of drug-likeness (QED) is 0.695. The topological polar surface area (TPSA) is 39.8 Å². The number of hydrogen-bond donors (Lipinski definition) is 0. The highest BCUT2D eigenvalue weighted by molar-refractivity contribution is 5.83. The molecule has 1 aromatic carbocycles. The van der Waals surface area contributed by atoms with E-state index in [2.05, 4.69) is 11.7 Å². The average Bonchev–Trinajstić information content (AvgIpc) is 2.82. The molecule has 0 saturated heterocycles. The van der Waals surface area contributed by atoms with Crippen molar-refractivity contribution < 1.29 is 0 Å². The monoisotopic (exact) mass is 293 g/mol. The number of aryl methyl sites for hydroxylation is 3. The highest BCUT2D eigenvalue weighted by Gasteiger charge is 2.16. The molecule has 3 aromatic rings. The van der Waals surface area contributed by atoms with Crippen LogP contribution in [-0.4, -0.2) is 14.3 Å². The van der Waals surface area contributed by atoms with Crippen LogP contribution in [0.3, 0.4) is 0 Å². The van der Waals surface area contributed by atoms with Crippen molar-refractivity contribution in [3.63, 3.8) is 0 Å². The molecular formula is C18H19N3O. The summed E-state index contributed by atoms with van der Waals surface area (Å²) in [6.07, 6.45) is 1.73. The van der Waals surface area contributed by atoms with Gasteiger partial charge in [-0.25, -0.2) is 4.68 Å². The van der Waals surface area contributed by atoms with Gasteiger partial charge in [0, 0.05) is 18.0 Å². The highest BCUT2D eigenvalue weighted by Crippen LogP contribution is 2.23. The van der Waals surface area contributed by atoms with Gasteiger partial charge in [-0.3, -0.25) is 9.36 Å². The molecule has 0 bridgehead atoms. The Morgan fingerprint density at radius 1 is 1.18 bits per heavy atom. The molecule has 0 spiro atoms. The molecule has 0 aliphatic carbocycles. The number of rotatable bonds is 3. The van der Waals surface area contributed by atoms with E-state index in [9.17, 15) is 4.79 Å². The number of pyridine rings is 1. The minimum absolute atomic E-state index is 0.0295. The number of allylic oxidation sites excluding steroid dienone is 1. The van der Waals surface area contributed by atoms with Crippen LogP contribution in [0.2, 0.25) is 0 Å². The molecule has 0 unspecified atom stereocenters. The molecule has 0 radical (unpaired) electrons. The Morgan fingerprint density at radius 3 is 2.50 bits per heavy atom. The van der Waals surface area contributed by atoms with Crippen molar-refractivity contribution in [3.8, 4) is 5.69 Å². The fourth-order valence-corrected chi connectivity index (χ4v) is 2.84. The zero-order chi connectivity index (χ0) is 15.9. The third kappa shape index (κ3) is 2.17. The number of fused-ring (bicyclic) bond motifs is 1. The summed E-state index contributed by atoms with van der Waals surface area (Å²) < 4.78 is 3.57. The Hall–Kier alpha value is -2.62. The summed E-state index contributed by atoms with van der Waals surface area (Å²) in [5, 5.41) is 5.69. The van der Waals surface area contributed by atoms with Crippen molar-refractivity contribution in [2.75, 3.05) is 0 Å². The SMILES string of the molecule is C=CCn1c(=O)cc(C)c2c(C)nn(-c3ccc(C)cc3)c21. The molecule has 0 atom stereocenters. The summed E-state index contributed by atoms with van der Waals surface area (Å²) in [6, 6.07) is 9.80. The van der Waals surface area contributed by atoms with Crippen LogP contribution in [0.25, 0.3) is 16.7 Å². The second-order valence-corrected chi connectivity index (χ2v) is 5.60. The molecule has 0 amide bonds. The lowest BCUT2D eigenvalue weighted by atomic mass is 10.1. The first-order chi connectivity index (χ1) is 10.5. The first-order valence-electron chi connectivity index (χ1n) is 7.30. The maximum atomic E-state index is 12.4. The van der Waals surface area contributed by atoms with Crippen LogP contribution < -0.4 is 5.56 Å². The minimum atomic E-state index is -0.0295. The van der Waals surface area contributed by atoms with Gasteiger partial charge in [0.15, 0.2) is 0 Å². The molecule has 0 saturated carbocycles. The lowest BCUT2D eigenvalue weighted by Gasteiger charge is -2.10. The van der Waals surface area contributed by atoms with E-state index < -0.39 is 0 Å². The highest BCUT2D eigenvalue weighted by atomic mass is 16.1. The van der Waals surface area contributed by atoms with Gasteiger partial charge in [-0.15, -0.1) is 6.58 Å². The third-order valence-electron chi connectivity index (χ3n) is 3.88. The third-order valence-corrected chi connectivity index (χ3v) is 3.88. The van der Waals surface area contributed by atoms with Crippen LogP contribution >= 0.6 is 0 Å². The van der Waals surface area contributed by atoms with Crippen LogP contribution in [0.5, 0.6) is 0 Å². The van der Waals surface area contributed by atoms with E-state index in [-0.39, 0.29) is 5.56 Å². The van der Waals surface area contributed by atoms with E-state index in [0.29, 0.717) is 6.54 Å². The molecule has 112 valence electrons. The molecule has 3 rings (SSSR count). The summed E-state index contributed by atoms with van der Waals surface area (Å²) in [5.74, 6) is 0. The fraction of sp³-hybridized carbons (Fsp3) is 0.222. The van der Waals surface area contributed by atoms with E-state index in [1.165, 1.54) is 5.56 Å². The maximum Gasteiger partial charge on any atom is 0.252 e. The van der Waals surface area contributed by atoms with E-state index in [0.717, 1.165) is 28.0 Å². The van der Waals surface area contributed by atoms with Crippen LogP contribution in [0.15, 0.2) is 47.8 Å². The van der Waals surface area contributed by atoms with Crippen molar-refractivity contribution >= 4 is 11.0 Å². The zero-order valence-corrected chi connectivity index (χ0v) is 13.1. The second kappa shape index (κ2) is 5.30. The normalized spacial score (nSPS) is 11.0. The second-order valence-electron chi connectivity index (χ2n) is 5.60. The number of hydrogen-bond acceptors (Lipinski definition) is 2. The fourth-order valence-electron chi connectivity index (χ4n) is 2.84. The van der Waals surface area contributed by atoms with Crippen molar-refractivity contribution in [3.05, 3.63) is 70.2 Å². The summed E-state index contributed by atoms with van der Waals surface area (Å²) >= 11 is 0. The standard InChI is InChI=1S/C18H19N3O/c1-5-10-20-16(22)11-13(3)17-14(4)19-21(18(17)20)15-8-6-12(2)7-9-15/h5-9,11H,1,10H2,2-4H3. The first kappa shape index (κ1) is 14.3. The minimum Gasteiger partial charge on any atom is -0.289 e. The van der Waals surface area contributed by atoms with E-state index >= 15 is 0 Å². The smallest absolute Gasteiger partial charge is 0.252 e. The van der Waals surface area contributed by atoms with Crippen LogP contribution in [0.1, 0.15) is 16.8 Å². The Bertz CT molecular complexity index is 914. The molecule has 0 N–H and O–H groups in total. The van der Waals surface area contributed by atoms with Crippen molar-refractivity contribution in [1.29, 1.82) is 0 Å².